The lowest BCUT2D eigenvalue weighted by Gasteiger charge is -2.31. The zero-order chi connectivity index (χ0) is 14.5. The molecule has 0 saturated carbocycles. The molecule has 1 aliphatic rings. The second-order valence-corrected chi connectivity index (χ2v) is 4.88. The van der Waals surface area contributed by atoms with E-state index >= 15 is 0 Å². The van der Waals surface area contributed by atoms with Crippen molar-refractivity contribution in [2.75, 3.05) is 26.2 Å². The molecule has 1 atom stereocenters. The number of piperazine rings is 1. The smallest absolute Gasteiger partial charge is 0.251 e. The van der Waals surface area contributed by atoms with Gasteiger partial charge < -0.3 is 15.5 Å². The van der Waals surface area contributed by atoms with E-state index in [-0.39, 0.29) is 36.8 Å². The molecule has 1 fully saturated rings. The third-order valence-electron chi connectivity index (χ3n) is 3.23. The maximum Gasteiger partial charge on any atom is 0.251 e. The van der Waals surface area contributed by atoms with Crippen molar-refractivity contribution in [1.29, 1.82) is 0 Å². The van der Waals surface area contributed by atoms with E-state index in [1.54, 1.807) is 4.90 Å². The second kappa shape index (κ2) is 7.95. The quantitative estimate of drug-likeness (QED) is 0.867. The van der Waals surface area contributed by atoms with Crippen molar-refractivity contribution < 1.29 is 14.0 Å². The standard InChI is InChI=1S/C14H18FN3O2.ClH/c1-10-9-18(7-6-16-10)13(19)8-17-14(20)11-2-4-12(15)5-3-11;/h2-5,10,16H,6-9H2,1H3,(H,17,20);1H/t10-;/m1./s1. The summed E-state index contributed by atoms with van der Waals surface area (Å²) in [4.78, 5) is 25.5. The Morgan fingerprint density at radius 2 is 2.05 bits per heavy atom. The maximum atomic E-state index is 12.7. The molecule has 21 heavy (non-hydrogen) atoms. The minimum absolute atomic E-state index is 0. The van der Waals surface area contributed by atoms with Gasteiger partial charge >= 0.3 is 0 Å². The van der Waals surface area contributed by atoms with Crippen LogP contribution in [0.1, 0.15) is 17.3 Å². The summed E-state index contributed by atoms with van der Waals surface area (Å²) in [5.74, 6) is -0.872. The molecular formula is C14H19ClFN3O2. The van der Waals surface area contributed by atoms with Gasteiger partial charge in [-0.2, -0.15) is 0 Å². The van der Waals surface area contributed by atoms with E-state index in [0.717, 1.165) is 6.54 Å². The van der Waals surface area contributed by atoms with Crippen LogP contribution in [0.5, 0.6) is 0 Å². The SMILES string of the molecule is C[C@@H]1CN(C(=O)CNC(=O)c2ccc(F)cc2)CCN1.Cl. The Kier molecular flexibility index (Phi) is 6.58. The van der Waals surface area contributed by atoms with Crippen LogP contribution in [0, 0.1) is 5.82 Å². The molecule has 2 N–H and O–H groups in total. The molecule has 1 aliphatic heterocycles. The molecule has 2 amide bonds. The molecule has 116 valence electrons. The lowest BCUT2D eigenvalue weighted by atomic mass is 10.2. The van der Waals surface area contributed by atoms with Crippen LogP contribution >= 0.6 is 12.4 Å². The molecule has 1 heterocycles. The topological polar surface area (TPSA) is 61.4 Å². The van der Waals surface area contributed by atoms with Gasteiger partial charge in [0.25, 0.3) is 5.91 Å². The van der Waals surface area contributed by atoms with Crippen molar-refractivity contribution in [3.05, 3.63) is 35.6 Å². The van der Waals surface area contributed by atoms with Gasteiger partial charge in [0.05, 0.1) is 6.54 Å². The Balaban J connectivity index is 0.00000220. The van der Waals surface area contributed by atoms with Crippen LogP contribution in [0.25, 0.3) is 0 Å². The fourth-order valence-corrected chi connectivity index (χ4v) is 2.13. The first-order valence-electron chi connectivity index (χ1n) is 6.61. The van der Waals surface area contributed by atoms with Crippen LogP contribution in [-0.4, -0.2) is 48.9 Å². The predicted molar refractivity (Wildman–Crippen MR) is 80.0 cm³/mol. The maximum absolute atomic E-state index is 12.7. The highest BCUT2D eigenvalue weighted by Gasteiger charge is 2.20. The monoisotopic (exact) mass is 315 g/mol. The molecule has 1 aromatic carbocycles. The minimum Gasteiger partial charge on any atom is -0.343 e. The summed E-state index contributed by atoms with van der Waals surface area (Å²) in [6, 6.07) is 5.48. The highest BCUT2D eigenvalue weighted by Crippen LogP contribution is 2.03. The molecule has 0 radical (unpaired) electrons. The minimum atomic E-state index is -0.396. The average Bonchev–Trinajstić information content (AvgIpc) is 2.45. The zero-order valence-corrected chi connectivity index (χ0v) is 12.6. The summed E-state index contributed by atoms with van der Waals surface area (Å²) in [5, 5.41) is 5.80. The van der Waals surface area contributed by atoms with Crippen LogP contribution in [0.2, 0.25) is 0 Å². The number of hydrogen-bond acceptors (Lipinski definition) is 3. The van der Waals surface area contributed by atoms with E-state index in [2.05, 4.69) is 10.6 Å². The van der Waals surface area contributed by atoms with E-state index in [9.17, 15) is 14.0 Å². The third-order valence-corrected chi connectivity index (χ3v) is 3.23. The highest BCUT2D eigenvalue weighted by molar-refractivity contribution is 5.96. The van der Waals surface area contributed by atoms with Crippen LogP contribution in [0.3, 0.4) is 0 Å². The number of nitrogens with one attached hydrogen (secondary N) is 2. The molecule has 0 aromatic heterocycles. The largest absolute Gasteiger partial charge is 0.343 e. The van der Waals surface area contributed by atoms with Gasteiger partial charge in [-0.3, -0.25) is 9.59 Å². The molecule has 0 bridgehead atoms. The van der Waals surface area contributed by atoms with E-state index in [1.807, 2.05) is 6.92 Å². The normalized spacial score (nSPS) is 17.8. The Hall–Kier alpha value is -1.66. The summed E-state index contributed by atoms with van der Waals surface area (Å²) in [7, 11) is 0. The number of rotatable bonds is 3. The van der Waals surface area contributed by atoms with Crippen LogP contribution in [-0.2, 0) is 4.79 Å². The van der Waals surface area contributed by atoms with Gasteiger partial charge in [-0.05, 0) is 31.2 Å². The van der Waals surface area contributed by atoms with E-state index in [1.165, 1.54) is 24.3 Å². The summed E-state index contributed by atoms with van der Waals surface area (Å²) in [6.45, 7) is 4.03. The fraction of sp³-hybridized carbons (Fsp3) is 0.429. The van der Waals surface area contributed by atoms with Crippen molar-refractivity contribution >= 4 is 24.2 Å². The first kappa shape index (κ1) is 17.4. The van der Waals surface area contributed by atoms with Gasteiger partial charge in [0.15, 0.2) is 0 Å². The van der Waals surface area contributed by atoms with E-state index in [0.29, 0.717) is 18.7 Å². The molecule has 1 aromatic rings. The number of hydrogen-bond donors (Lipinski definition) is 2. The van der Waals surface area contributed by atoms with Crippen LogP contribution in [0.15, 0.2) is 24.3 Å². The van der Waals surface area contributed by atoms with Crippen LogP contribution in [0.4, 0.5) is 4.39 Å². The second-order valence-electron chi connectivity index (χ2n) is 4.88. The Morgan fingerprint density at radius 3 is 2.67 bits per heavy atom. The van der Waals surface area contributed by atoms with E-state index in [4.69, 9.17) is 0 Å². The van der Waals surface area contributed by atoms with Gasteiger partial charge in [0.2, 0.25) is 5.91 Å². The number of nitrogens with zero attached hydrogens (tertiary/aromatic N) is 1. The van der Waals surface area contributed by atoms with Gasteiger partial charge in [-0.1, -0.05) is 0 Å². The van der Waals surface area contributed by atoms with E-state index < -0.39 is 5.82 Å². The lowest BCUT2D eigenvalue weighted by molar-refractivity contribution is -0.131. The zero-order valence-electron chi connectivity index (χ0n) is 11.8. The number of benzene rings is 1. The number of halogens is 2. The summed E-state index contributed by atoms with van der Waals surface area (Å²) >= 11 is 0. The number of carbonyl (C=O) groups is 2. The van der Waals surface area contributed by atoms with Crippen LogP contribution < -0.4 is 10.6 Å². The Bertz CT molecular complexity index is 495. The molecule has 0 spiro atoms. The van der Waals surface area contributed by atoms with Gasteiger partial charge in [-0.25, -0.2) is 4.39 Å². The van der Waals surface area contributed by atoms with Gasteiger partial charge in [0, 0.05) is 31.2 Å². The highest BCUT2D eigenvalue weighted by atomic mass is 35.5. The average molecular weight is 316 g/mol. The lowest BCUT2D eigenvalue weighted by Crippen LogP contribution is -2.53. The van der Waals surface area contributed by atoms with Crippen molar-refractivity contribution in [3.8, 4) is 0 Å². The molecule has 5 nitrogen and oxygen atoms in total. The first-order valence-corrected chi connectivity index (χ1v) is 6.61. The molecule has 1 saturated heterocycles. The molecular weight excluding hydrogens is 297 g/mol. The third kappa shape index (κ3) is 4.99. The van der Waals surface area contributed by atoms with Gasteiger partial charge in [-0.15, -0.1) is 12.4 Å². The summed E-state index contributed by atoms with van der Waals surface area (Å²) in [6.07, 6.45) is 0. The first-order chi connectivity index (χ1) is 9.56. The van der Waals surface area contributed by atoms with Crippen molar-refractivity contribution in [2.45, 2.75) is 13.0 Å². The molecule has 0 aliphatic carbocycles. The Labute approximate surface area is 129 Å². The Morgan fingerprint density at radius 1 is 1.38 bits per heavy atom. The molecule has 7 heteroatoms. The number of carbonyl (C=O) groups excluding carboxylic acids is 2. The van der Waals surface area contributed by atoms with Crippen molar-refractivity contribution in [2.24, 2.45) is 0 Å². The summed E-state index contributed by atoms with van der Waals surface area (Å²) < 4.78 is 12.7. The molecule has 2 rings (SSSR count). The fourth-order valence-electron chi connectivity index (χ4n) is 2.13. The predicted octanol–water partition coefficient (Wildman–Crippen LogP) is 0.798. The summed E-state index contributed by atoms with van der Waals surface area (Å²) in [5.41, 5.74) is 0.341. The van der Waals surface area contributed by atoms with Gasteiger partial charge in [0.1, 0.15) is 5.82 Å². The van der Waals surface area contributed by atoms with Crippen molar-refractivity contribution in [1.82, 2.24) is 15.5 Å². The van der Waals surface area contributed by atoms with Crippen molar-refractivity contribution in [3.63, 3.8) is 0 Å². The number of amides is 2. The molecule has 0 unspecified atom stereocenters.